The standard InChI is InChI=1S/C18H25N/c1-2-4-14(5-3-1)11-18(13-19-17-8-9-17)12-15-6-7-16(18)10-15/h1-5,15-17,19H,6-13H2/t15-,16+,18-/m0/s1. The number of fused-ring (bicyclic) bond motifs is 2. The van der Waals surface area contributed by atoms with Crippen molar-refractivity contribution in [3.05, 3.63) is 35.9 Å². The van der Waals surface area contributed by atoms with E-state index < -0.39 is 0 Å². The first-order valence-corrected chi connectivity index (χ1v) is 8.11. The van der Waals surface area contributed by atoms with Gasteiger partial charge in [-0.3, -0.25) is 0 Å². The smallest absolute Gasteiger partial charge is 0.00684 e. The zero-order chi connectivity index (χ0) is 12.7. The van der Waals surface area contributed by atoms with Crippen molar-refractivity contribution in [2.45, 2.75) is 51.0 Å². The topological polar surface area (TPSA) is 12.0 Å². The molecule has 0 radical (unpaired) electrons. The summed E-state index contributed by atoms with van der Waals surface area (Å²) in [6.45, 7) is 1.27. The molecule has 3 aliphatic rings. The summed E-state index contributed by atoms with van der Waals surface area (Å²) in [7, 11) is 0. The lowest BCUT2D eigenvalue weighted by molar-refractivity contribution is 0.155. The molecule has 1 nitrogen and oxygen atoms in total. The highest BCUT2D eigenvalue weighted by Crippen LogP contribution is 2.57. The minimum atomic E-state index is 0.576. The van der Waals surface area contributed by atoms with E-state index in [1.165, 1.54) is 51.5 Å². The quantitative estimate of drug-likeness (QED) is 0.844. The van der Waals surface area contributed by atoms with Crippen LogP contribution in [0.25, 0.3) is 0 Å². The molecule has 0 saturated heterocycles. The van der Waals surface area contributed by atoms with Gasteiger partial charge in [-0.2, -0.15) is 0 Å². The van der Waals surface area contributed by atoms with Crippen molar-refractivity contribution in [3.8, 4) is 0 Å². The van der Waals surface area contributed by atoms with Crippen LogP contribution in [0.2, 0.25) is 0 Å². The lowest BCUT2D eigenvalue weighted by Crippen LogP contribution is -2.41. The molecule has 19 heavy (non-hydrogen) atoms. The molecule has 2 bridgehead atoms. The monoisotopic (exact) mass is 255 g/mol. The summed E-state index contributed by atoms with van der Waals surface area (Å²) < 4.78 is 0. The maximum atomic E-state index is 3.84. The fourth-order valence-corrected chi connectivity index (χ4v) is 4.69. The van der Waals surface area contributed by atoms with Gasteiger partial charge in [0.15, 0.2) is 0 Å². The molecule has 1 aromatic carbocycles. The molecule has 3 aliphatic carbocycles. The van der Waals surface area contributed by atoms with Gasteiger partial charge in [0.2, 0.25) is 0 Å². The van der Waals surface area contributed by atoms with Crippen LogP contribution >= 0.6 is 0 Å². The molecule has 1 heteroatoms. The van der Waals surface area contributed by atoms with Crippen LogP contribution in [0.4, 0.5) is 0 Å². The molecular weight excluding hydrogens is 230 g/mol. The Morgan fingerprint density at radius 3 is 2.53 bits per heavy atom. The highest BCUT2D eigenvalue weighted by molar-refractivity contribution is 5.19. The minimum Gasteiger partial charge on any atom is -0.313 e. The fraction of sp³-hybridized carbons (Fsp3) is 0.667. The minimum absolute atomic E-state index is 0.576. The van der Waals surface area contributed by atoms with Gasteiger partial charge in [-0.25, -0.2) is 0 Å². The van der Waals surface area contributed by atoms with Gasteiger partial charge in [-0.15, -0.1) is 0 Å². The highest BCUT2D eigenvalue weighted by atomic mass is 15.0. The van der Waals surface area contributed by atoms with Crippen LogP contribution in [0, 0.1) is 17.3 Å². The number of hydrogen-bond donors (Lipinski definition) is 1. The molecule has 4 rings (SSSR count). The van der Waals surface area contributed by atoms with E-state index in [1.54, 1.807) is 5.56 Å². The number of rotatable bonds is 5. The van der Waals surface area contributed by atoms with E-state index in [0.29, 0.717) is 5.41 Å². The first-order chi connectivity index (χ1) is 9.34. The van der Waals surface area contributed by atoms with Crippen molar-refractivity contribution in [1.82, 2.24) is 5.32 Å². The molecule has 0 heterocycles. The van der Waals surface area contributed by atoms with Crippen molar-refractivity contribution >= 4 is 0 Å². The van der Waals surface area contributed by atoms with Crippen LogP contribution in [-0.4, -0.2) is 12.6 Å². The summed E-state index contributed by atoms with van der Waals surface area (Å²) in [4.78, 5) is 0. The van der Waals surface area contributed by atoms with Gasteiger partial charge >= 0.3 is 0 Å². The Balaban J connectivity index is 1.53. The second-order valence-electron chi connectivity index (χ2n) is 7.26. The molecule has 3 fully saturated rings. The number of hydrogen-bond acceptors (Lipinski definition) is 1. The maximum absolute atomic E-state index is 3.84. The zero-order valence-corrected chi connectivity index (χ0v) is 11.8. The van der Waals surface area contributed by atoms with E-state index in [2.05, 4.69) is 35.6 Å². The van der Waals surface area contributed by atoms with Gasteiger partial charge in [-0.1, -0.05) is 36.8 Å². The van der Waals surface area contributed by atoms with Gasteiger partial charge in [0.05, 0.1) is 0 Å². The van der Waals surface area contributed by atoms with Crippen LogP contribution in [-0.2, 0) is 6.42 Å². The third kappa shape index (κ3) is 2.33. The third-order valence-corrected chi connectivity index (χ3v) is 5.82. The van der Waals surface area contributed by atoms with Crippen molar-refractivity contribution < 1.29 is 0 Å². The van der Waals surface area contributed by atoms with E-state index in [0.717, 1.165) is 17.9 Å². The lowest BCUT2D eigenvalue weighted by Gasteiger charge is -2.38. The van der Waals surface area contributed by atoms with Gasteiger partial charge in [0.25, 0.3) is 0 Å². The first kappa shape index (κ1) is 12.0. The van der Waals surface area contributed by atoms with E-state index in [-0.39, 0.29) is 0 Å². The van der Waals surface area contributed by atoms with Crippen LogP contribution in [0.3, 0.4) is 0 Å². The lowest BCUT2D eigenvalue weighted by atomic mass is 9.69. The highest BCUT2D eigenvalue weighted by Gasteiger charge is 2.50. The average Bonchev–Trinajstić information content (AvgIpc) is 3.07. The summed E-state index contributed by atoms with van der Waals surface area (Å²) in [5.41, 5.74) is 2.12. The molecule has 0 spiro atoms. The van der Waals surface area contributed by atoms with Crippen molar-refractivity contribution in [3.63, 3.8) is 0 Å². The number of benzene rings is 1. The summed E-state index contributed by atoms with van der Waals surface area (Å²) in [6.07, 6.45) is 10.1. The zero-order valence-electron chi connectivity index (χ0n) is 11.8. The Kier molecular flexibility index (Phi) is 2.91. The summed E-state index contributed by atoms with van der Waals surface area (Å²) >= 11 is 0. The Bertz CT molecular complexity index is 436. The molecule has 0 aliphatic heterocycles. The molecular formula is C18H25N. The van der Waals surface area contributed by atoms with Crippen molar-refractivity contribution in [2.24, 2.45) is 17.3 Å². The third-order valence-electron chi connectivity index (χ3n) is 5.82. The van der Waals surface area contributed by atoms with E-state index in [4.69, 9.17) is 0 Å². The van der Waals surface area contributed by atoms with Crippen LogP contribution in [0.5, 0.6) is 0 Å². The van der Waals surface area contributed by atoms with Crippen LogP contribution in [0.1, 0.15) is 44.1 Å². The Morgan fingerprint density at radius 1 is 1.05 bits per heavy atom. The van der Waals surface area contributed by atoms with E-state index >= 15 is 0 Å². The van der Waals surface area contributed by atoms with E-state index in [9.17, 15) is 0 Å². The largest absolute Gasteiger partial charge is 0.313 e. The second-order valence-corrected chi connectivity index (χ2v) is 7.26. The first-order valence-electron chi connectivity index (χ1n) is 8.11. The normalized spacial score (nSPS) is 36.8. The molecule has 0 unspecified atom stereocenters. The molecule has 1 N–H and O–H groups in total. The van der Waals surface area contributed by atoms with Crippen molar-refractivity contribution in [1.29, 1.82) is 0 Å². The van der Waals surface area contributed by atoms with Gasteiger partial charge in [0, 0.05) is 12.6 Å². The van der Waals surface area contributed by atoms with Crippen LogP contribution in [0.15, 0.2) is 30.3 Å². The molecule has 0 amide bonds. The maximum Gasteiger partial charge on any atom is 0.00684 e. The Hall–Kier alpha value is -0.820. The predicted molar refractivity (Wildman–Crippen MR) is 79.1 cm³/mol. The van der Waals surface area contributed by atoms with E-state index in [1.807, 2.05) is 0 Å². The molecule has 1 aromatic rings. The summed E-state index contributed by atoms with van der Waals surface area (Å²) in [5, 5.41) is 3.84. The van der Waals surface area contributed by atoms with Gasteiger partial charge < -0.3 is 5.32 Å². The molecule has 3 atom stereocenters. The van der Waals surface area contributed by atoms with Crippen LogP contribution < -0.4 is 5.32 Å². The number of nitrogens with one attached hydrogen (secondary N) is 1. The molecule has 102 valence electrons. The average molecular weight is 255 g/mol. The Morgan fingerprint density at radius 2 is 1.89 bits per heavy atom. The summed E-state index contributed by atoms with van der Waals surface area (Å²) in [6, 6.07) is 12.0. The molecule has 0 aromatic heterocycles. The fourth-order valence-electron chi connectivity index (χ4n) is 4.69. The van der Waals surface area contributed by atoms with Crippen molar-refractivity contribution in [2.75, 3.05) is 6.54 Å². The SMILES string of the molecule is c1ccc(C[C@@]2(CNC3CC3)C[C@H]3CC[C@@H]2C3)cc1. The summed E-state index contributed by atoms with van der Waals surface area (Å²) in [5.74, 6) is 2.03. The Labute approximate surface area is 116 Å². The predicted octanol–water partition coefficient (Wildman–Crippen LogP) is 3.79. The van der Waals surface area contributed by atoms with Gasteiger partial charge in [0.1, 0.15) is 0 Å². The second kappa shape index (κ2) is 4.63. The van der Waals surface area contributed by atoms with Gasteiger partial charge in [-0.05, 0) is 61.3 Å². The molecule has 3 saturated carbocycles.